The lowest BCUT2D eigenvalue weighted by molar-refractivity contribution is -0.130. The van der Waals surface area contributed by atoms with Gasteiger partial charge in [-0.3, -0.25) is 9.32 Å². The van der Waals surface area contributed by atoms with Crippen LogP contribution in [0.15, 0.2) is 0 Å². The van der Waals surface area contributed by atoms with Crippen LogP contribution in [0.25, 0.3) is 0 Å². The Kier molecular flexibility index (Phi) is 3.66. The fraction of sp³-hybridized carbons (Fsp3) is 0.857. The molecule has 0 unspecified atom stereocenters. The fourth-order valence-electron chi connectivity index (χ4n) is 1.47. The molecule has 1 aliphatic heterocycles. The number of nitrogens with zero attached hydrogens (tertiary/aromatic N) is 1. The molecule has 1 fully saturated rings. The quantitative estimate of drug-likeness (QED) is 0.648. The van der Waals surface area contributed by atoms with Gasteiger partial charge in [0, 0.05) is 20.0 Å². The van der Waals surface area contributed by atoms with Gasteiger partial charge in [-0.25, -0.2) is 4.57 Å². The normalized spacial score (nSPS) is 19.8. The highest BCUT2D eigenvalue weighted by Gasteiger charge is 2.27. The zero-order valence-electron chi connectivity index (χ0n) is 7.92. The van der Waals surface area contributed by atoms with Crippen LogP contribution in [0.3, 0.4) is 0 Å². The van der Waals surface area contributed by atoms with E-state index < -0.39 is 13.9 Å². The van der Waals surface area contributed by atoms with Crippen LogP contribution in [-0.2, 0) is 13.9 Å². The molecule has 0 aromatic rings. The summed E-state index contributed by atoms with van der Waals surface area (Å²) in [5.74, 6) is -0.0142. The second kappa shape index (κ2) is 4.40. The summed E-state index contributed by atoms with van der Waals surface area (Å²) in [6, 6.07) is 0. The number of amides is 1. The molecular weight excluding hydrogens is 209 g/mol. The summed E-state index contributed by atoms with van der Waals surface area (Å²) >= 11 is 0. The van der Waals surface area contributed by atoms with Gasteiger partial charge in [0.05, 0.1) is 6.10 Å². The number of phosphoric ester groups is 1. The lowest BCUT2D eigenvalue weighted by Crippen LogP contribution is -2.39. The topological polar surface area (TPSA) is 87.1 Å². The van der Waals surface area contributed by atoms with Crippen LogP contribution in [0, 0.1) is 0 Å². The highest BCUT2D eigenvalue weighted by atomic mass is 31.2. The predicted octanol–water partition coefficient (Wildman–Crippen LogP) is 0.107. The van der Waals surface area contributed by atoms with Gasteiger partial charge in [0.25, 0.3) is 0 Å². The third kappa shape index (κ3) is 3.75. The second-order valence-electron chi connectivity index (χ2n) is 3.30. The van der Waals surface area contributed by atoms with Crippen molar-refractivity contribution in [3.8, 4) is 0 Å². The summed E-state index contributed by atoms with van der Waals surface area (Å²) in [7, 11) is -4.38. The highest BCUT2D eigenvalue weighted by molar-refractivity contribution is 7.46. The SMILES string of the molecule is CC(=O)N1CCC(OP(=O)(O)O)CC1. The summed E-state index contributed by atoms with van der Waals surface area (Å²) in [5.41, 5.74) is 0. The van der Waals surface area contributed by atoms with Gasteiger partial charge in [0.15, 0.2) is 0 Å². The van der Waals surface area contributed by atoms with Crippen LogP contribution >= 0.6 is 7.82 Å². The van der Waals surface area contributed by atoms with Crippen LogP contribution in [-0.4, -0.2) is 39.8 Å². The van der Waals surface area contributed by atoms with Crippen molar-refractivity contribution < 1.29 is 23.7 Å². The summed E-state index contributed by atoms with van der Waals surface area (Å²) < 4.78 is 15.0. The van der Waals surface area contributed by atoms with E-state index in [1.54, 1.807) is 4.90 Å². The average molecular weight is 223 g/mol. The maximum Gasteiger partial charge on any atom is 0.469 e. The molecule has 0 aliphatic carbocycles. The zero-order chi connectivity index (χ0) is 10.8. The van der Waals surface area contributed by atoms with Crippen LogP contribution in [0.5, 0.6) is 0 Å². The number of carbonyl (C=O) groups excluding carboxylic acids is 1. The van der Waals surface area contributed by atoms with Crippen molar-refractivity contribution in [2.24, 2.45) is 0 Å². The Balaban J connectivity index is 2.36. The Morgan fingerprint density at radius 2 is 1.93 bits per heavy atom. The predicted molar refractivity (Wildman–Crippen MR) is 48.4 cm³/mol. The summed E-state index contributed by atoms with van der Waals surface area (Å²) in [6.07, 6.45) is 0.515. The van der Waals surface area contributed by atoms with Gasteiger partial charge in [0.2, 0.25) is 5.91 Å². The average Bonchev–Trinajstić information content (AvgIpc) is 2.02. The van der Waals surface area contributed by atoms with Crippen LogP contribution in [0.1, 0.15) is 19.8 Å². The third-order valence-electron chi connectivity index (χ3n) is 2.17. The molecule has 0 saturated carbocycles. The standard InChI is InChI=1S/C7H14NO5P/c1-6(9)8-4-2-7(3-5-8)13-14(10,11)12/h7H,2-5H2,1H3,(H2,10,11,12). The molecule has 0 aromatic carbocycles. The van der Waals surface area contributed by atoms with Gasteiger partial charge in [-0.1, -0.05) is 0 Å². The van der Waals surface area contributed by atoms with Gasteiger partial charge in [-0.2, -0.15) is 0 Å². The van der Waals surface area contributed by atoms with E-state index in [0.29, 0.717) is 25.9 Å². The maximum absolute atomic E-state index is 10.9. The molecule has 1 heterocycles. The first kappa shape index (κ1) is 11.7. The molecule has 14 heavy (non-hydrogen) atoms. The van der Waals surface area contributed by atoms with E-state index in [1.165, 1.54) is 6.92 Å². The first-order valence-corrected chi connectivity index (χ1v) is 5.91. The summed E-state index contributed by atoms with van der Waals surface area (Å²) in [4.78, 5) is 29.7. The minimum absolute atomic E-state index is 0.0142. The number of phosphoric acid groups is 1. The highest BCUT2D eigenvalue weighted by Crippen LogP contribution is 2.39. The number of likely N-dealkylation sites (tertiary alicyclic amines) is 1. The van der Waals surface area contributed by atoms with Crippen molar-refractivity contribution in [3.63, 3.8) is 0 Å². The number of hydrogen-bond acceptors (Lipinski definition) is 3. The molecule has 1 amide bonds. The second-order valence-corrected chi connectivity index (χ2v) is 4.49. The van der Waals surface area contributed by atoms with Gasteiger partial charge in [-0.05, 0) is 12.8 Å². The molecule has 7 heteroatoms. The van der Waals surface area contributed by atoms with Crippen LogP contribution in [0.2, 0.25) is 0 Å². The van der Waals surface area contributed by atoms with E-state index in [1.807, 2.05) is 0 Å². The Bertz CT molecular complexity index is 255. The largest absolute Gasteiger partial charge is 0.469 e. The Morgan fingerprint density at radius 1 is 1.43 bits per heavy atom. The van der Waals surface area contributed by atoms with E-state index >= 15 is 0 Å². The van der Waals surface area contributed by atoms with E-state index in [9.17, 15) is 9.36 Å². The van der Waals surface area contributed by atoms with Crippen molar-refractivity contribution in [1.82, 2.24) is 4.90 Å². The lowest BCUT2D eigenvalue weighted by atomic mass is 10.1. The first-order valence-electron chi connectivity index (χ1n) is 4.38. The van der Waals surface area contributed by atoms with E-state index in [4.69, 9.17) is 9.79 Å². The number of carbonyl (C=O) groups is 1. The molecule has 82 valence electrons. The number of hydrogen-bond donors (Lipinski definition) is 2. The molecule has 1 saturated heterocycles. The van der Waals surface area contributed by atoms with Gasteiger partial charge in [-0.15, -0.1) is 0 Å². The molecule has 0 aromatic heterocycles. The maximum atomic E-state index is 10.9. The van der Waals surface area contributed by atoms with Gasteiger partial charge in [0.1, 0.15) is 0 Å². The fourth-order valence-corrected chi connectivity index (χ4v) is 2.07. The molecule has 2 N–H and O–H groups in total. The van der Waals surface area contributed by atoms with Crippen molar-refractivity contribution in [2.45, 2.75) is 25.9 Å². The minimum atomic E-state index is -4.38. The zero-order valence-corrected chi connectivity index (χ0v) is 8.81. The minimum Gasteiger partial charge on any atom is -0.343 e. The summed E-state index contributed by atoms with van der Waals surface area (Å²) in [5, 5.41) is 0. The molecule has 1 rings (SSSR count). The van der Waals surface area contributed by atoms with E-state index in [-0.39, 0.29) is 5.91 Å². The molecule has 6 nitrogen and oxygen atoms in total. The van der Waals surface area contributed by atoms with Crippen LogP contribution in [0.4, 0.5) is 0 Å². The van der Waals surface area contributed by atoms with E-state index in [2.05, 4.69) is 4.52 Å². The third-order valence-corrected chi connectivity index (χ3v) is 2.75. The van der Waals surface area contributed by atoms with Crippen molar-refractivity contribution in [3.05, 3.63) is 0 Å². The molecular formula is C7H14NO5P. The number of piperidine rings is 1. The molecule has 0 spiro atoms. The van der Waals surface area contributed by atoms with Crippen LogP contribution < -0.4 is 0 Å². The van der Waals surface area contributed by atoms with Crippen molar-refractivity contribution >= 4 is 13.7 Å². The van der Waals surface area contributed by atoms with Crippen molar-refractivity contribution in [2.75, 3.05) is 13.1 Å². The molecule has 0 atom stereocenters. The Labute approximate surface area is 82.1 Å². The summed E-state index contributed by atoms with van der Waals surface area (Å²) in [6.45, 7) is 2.48. The Hall–Kier alpha value is -0.420. The Morgan fingerprint density at radius 3 is 2.29 bits per heavy atom. The molecule has 1 aliphatic rings. The first-order chi connectivity index (χ1) is 6.38. The smallest absolute Gasteiger partial charge is 0.343 e. The lowest BCUT2D eigenvalue weighted by Gasteiger charge is -2.30. The van der Waals surface area contributed by atoms with Gasteiger partial charge < -0.3 is 14.7 Å². The van der Waals surface area contributed by atoms with Crippen molar-refractivity contribution in [1.29, 1.82) is 0 Å². The number of rotatable bonds is 2. The van der Waals surface area contributed by atoms with Gasteiger partial charge >= 0.3 is 7.82 Å². The molecule has 0 radical (unpaired) electrons. The molecule has 0 bridgehead atoms. The monoisotopic (exact) mass is 223 g/mol. The van der Waals surface area contributed by atoms with E-state index in [0.717, 1.165) is 0 Å².